The molecule has 0 aromatic heterocycles. The van der Waals surface area contributed by atoms with E-state index in [1.807, 2.05) is 6.92 Å². The molecule has 14 heteroatoms. The summed E-state index contributed by atoms with van der Waals surface area (Å²) in [6, 6.07) is 0. The summed E-state index contributed by atoms with van der Waals surface area (Å²) in [5.41, 5.74) is 0. The van der Waals surface area contributed by atoms with Crippen LogP contribution in [-0.4, -0.2) is 171 Å². The van der Waals surface area contributed by atoms with E-state index in [9.17, 15) is 4.79 Å². The van der Waals surface area contributed by atoms with Crippen molar-refractivity contribution in [1.82, 2.24) is 0 Å². The van der Waals surface area contributed by atoms with E-state index in [2.05, 4.69) is 0 Å². The van der Waals surface area contributed by atoms with Gasteiger partial charge < -0.3 is 61.6 Å². The van der Waals surface area contributed by atoms with Crippen LogP contribution in [0.4, 0.5) is 0 Å². The van der Waals surface area contributed by atoms with Gasteiger partial charge in [-0.15, -0.1) is 0 Å². The molecule has 0 aliphatic carbocycles. The Balaban J connectivity index is 3.05. The van der Waals surface area contributed by atoms with Gasteiger partial charge in [-0.1, -0.05) is 0 Å². The molecular formula is C29H58O14. The fourth-order valence-corrected chi connectivity index (χ4v) is 2.95. The summed E-state index contributed by atoms with van der Waals surface area (Å²) in [6.07, 6.45) is 0.257. The van der Waals surface area contributed by atoms with Crippen molar-refractivity contribution < 1.29 is 66.4 Å². The van der Waals surface area contributed by atoms with Crippen LogP contribution in [0.25, 0.3) is 0 Å². The molecule has 0 saturated carbocycles. The first-order valence-corrected chi connectivity index (χ1v) is 15.4. The quantitative estimate of drug-likeness (QED) is 0.0713. The number of rotatable bonds is 38. The molecule has 0 spiro atoms. The van der Waals surface area contributed by atoms with Crippen LogP contribution in [0.2, 0.25) is 0 Å². The van der Waals surface area contributed by atoms with Gasteiger partial charge >= 0.3 is 5.97 Å². The lowest BCUT2D eigenvalue weighted by molar-refractivity contribution is -0.144. The monoisotopic (exact) mass is 630 g/mol. The second-order valence-electron chi connectivity index (χ2n) is 8.49. The van der Waals surface area contributed by atoms with Crippen molar-refractivity contribution in [3.63, 3.8) is 0 Å². The zero-order chi connectivity index (χ0) is 31.2. The first-order chi connectivity index (χ1) is 21.3. The molecule has 0 N–H and O–H groups in total. The number of hydrogen-bond acceptors (Lipinski definition) is 14. The first-order valence-electron chi connectivity index (χ1n) is 15.4. The van der Waals surface area contributed by atoms with Crippen molar-refractivity contribution in [2.75, 3.05) is 165 Å². The number of esters is 1. The predicted molar refractivity (Wildman–Crippen MR) is 157 cm³/mol. The van der Waals surface area contributed by atoms with E-state index in [-0.39, 0.29) is 12.4 Å². The molecular weight excluding hydrogens is 572 g/mol. The molecule has 0 aromatic carbocycles. The number of ether oxygens (including phenoxy) is 13. The molecule has 0 rings (SSSR count). The van der Waals surface area contributed by atoms with Crippen LogP contribution in [0, 0.1) is 0 Å². The Morgan fingerprint density at radius 1 is 0.302 bits per heavy atom. The molecule has 0 radical (unpaired) electrons. The van der Waals surface area contributed by atoms with Gasteiger partial charge in [-0.3, -0.25) is 4.79 Å². The minimum absolute atomic E-state index is 0.251. The number of carbonyl (C=O) groups excluding carboxylic acids is 1. The molecule has 0 aliphatic rings. The van der Waals surface area contributed by atoms with Crippen LogP contribution in [0.15, 0.2) is 0 Å². The van der Waals surface area contributed by atoms with Crippen LogP contribution in [0.3, 0.4) is 0 Å². The second-order valence-corrected chi connectivity index (χ2v) is 8.49. The topological polar surface area (TPSA) is 137 Å². The largest absolute Gasteiger partial charge is 0.466 e. The van der Waals surface area contributed by atoms with Gasteiger partial charge in [0.1, 0.15) is 0 Å². The Bertz CT molecular complexity index is 529. The van der Waals surface area contributed by atoms with E-state index in [4.69, 9.17) is 61.6 Å². The van der Waals surface area contributed by atoms with Crippen molar-refractivity contribution in [1.29, 1.82) is 0 Å². The molecule has 43 heavy (non-hydrogen) atoms. The molecule has 0 fully saturated rings. The Morgan fingerprint density at radius 3 is 0.721 bits per heavy atom. The molecule has 0 bridgehead atoms. The Hall–Kier alpha value is -1.01. The highest BCUT2D eigenvalue weighted by atomic mass is 16.6. The van der Waals surface area contributed by atoms with E-state index >= 15 is 0 Å². The zero-order valence-corrected chi connectivity index (χ0v) is 26.6. The van der Waals surface area contributed by atoms with Crippen LogP contribution in [-0.2, 0) is 66.4 Å². The summed E-state index contributed by atoms with van der Waals surface area (Å²) in [5, 5.41) is 0. The lowest BCUT2D eigenvalue weighted by Gasteiger charge is -2.09. The van der Waals surface area contributed by atoms with Gasteiger partial charge in [0.15, 0.2) is 0 Å². The van der Waals surface area contributed by atoms with Gasteiger partial charge in [0.05, 0.1) is 165 Å². The maximum atomic E-state index is 11.1. The third-order valence-corrected chi connectivity index (χ3v) is 5.05. The van der Waals surface area contributed by atoms with Crippen molar-refractivity contribution in [2.45, 2.75) is 20.3 Å². The molecule has 14 nitrogen and oxygen atoms in total. The van der Waals surface area contributed by atoms with Gasteiger partial charge in [-0.2, -0.15) is 0 Å². The highest BCUT2D eigenvalue weighted by Gasteiger charge is 2.01. The Labute approximate surface area is 258 Å². The van der Waals surface area contributed by atoms with Gasteiger partial charge in [0.25, 0.3) is 0 Å². The van der Waals surface area contributed by atoms with Gasteiger partial charge in [-0.25, -0.2) is 0 Å². The Kier molecular flexibility index (Phi) is 38.1. The molecule has 0 aliphatic heterocycles. The van der Waals surface area contributed by atoms with Crippen molar-refractivity contribution in [3.05, 3.63) is 0 Å². The van der Waals surface area contributed by atoms with Crippen LogP contribution >= 0.6 is 0 Å². The zero-order valence-electron chi connectivity index (χ0n) is 26.6. The van der Waals surface area contributed by atoms with E-state index in [1.165, 1.54) is 0 Å². The maximum absolute atomic E-state index is 11.1. The molecule has 0 unspecified atom stereocenters. The maximum Gasteiger partial charge on any atom is 0.308 e. The third-order valence-electron chi connectivity index (χ3n) is 5.05. The average molecular weight is 631 g/mol. The van der Waals surface area contributed by atoms with Gasteiger partial charge in [0, 0.05) is 6.61 Å². The standard InChI is InChI=1S/C29H58O14/c1-3-31-7-8-33-11-12-35-15-16-37-19-20-39-23-24-41-27-28-42-26-25-40-22-21-38-18-17-36-14-13-34-10-9-32-6-5-29(30)43-4-2/h3-28H2,1-2H3. The molecule has 0 saturated heterocycles. The lowest BCUT2D eigenvalue weighted by Crippen LogP contribution is -2.15. The SMILES string of the molecule is CCOCCOCCOCCOCCOCCOCCOCCOCCOCCOCCOCCOCCC(=O)OCC. The molecule has 0 aromatic rings. The number of hydrogen-bond donors (Lipinski definition) is 0. The lowest BCUT2D eigenvalue weighted by atomic mass is 10.5. The molecule has 0 amide bonds. The van der Waals surface area contributed by atoms with E-state index in [1.54, 1.807) is 6.92 Å². The fraction of sp³-hybridized carbons (Fsp3) is 0.966. The van der Waals surface area contributed by atoms with Crippen LogP contribution in [0.1, 0.15) is 20.3 Å². The highest BCUT2D eigenvalue weighted by Crippen LogP contribution is 1.90. The second kappa shape index (κ2) is 39.0. The number of carbonyl (C=O) groups is 1. The highest BCUT2D eigenvalue weighted by molar-refractivity contribution is 5.69. The average Bonchev–Trinajstić information content (AvgIpc) is 3.01. The molecule has 258 valence electrons. The normalized spacial score (nSPS) is 11.4. The third kappa shape index (κ3) is 39.0. The summed E-state index contributed by atoms with van der Waals surface area (Å²) in [6.45, 7) is 16.4. The van der Waals surface area contributed by atoms with Crippen molar-refractivity contribution in [2.24, 2.45) is 0 Å². The fourth-order valence-electron chi connectivity index (χ4n) is 2.95. The predicted octanol–water partition coefficient (Wildman–Crippen LogP) is 1.16. The summed E-state index contributed by atoms with van der Waals surface area (Å²) in [5.74, 6) is -0.251. The van der Waals surface area contributed by atoms with Crippen LogP contribution < -0.4 is 0 Å². The summed E-state index contributed by atoms with van der Waals surface area (Å²) >= 11 is 0. The molecule has 0 heterocycles. The summed E-state index contributed by atoms with van der Waals surface area (Å²) < 4.78 is 69.6. The van der Waals surface area contributed by atoms with Crippen molar-refractivity contribution in [3.8, 4) is 0 Å². The van der Waals surface area contributed by atoms with Crippen LogP contribution in [0.5, 0.6) is 0 Å². The summed E-state index contributed by atoms with van der Waals surface area (Å²) in [7, 11) is 0. The minimum atomic E-state index is -0.251. The van der Waals surface area contributed by atoms with E-state index in [0.717, 1.165) is 0 Å². The van der Waals surface area contributed by atoms with Crippen molar-refractivity contribution >= 4 is 5.97 Å². The van der Waals surface area contributed by atoms with Gasteiger partial charge in [-0.05, 0) is 13.8 Å². The molecule has 0 atom stereocenters. The smallest absolute Gasteiger partial charge is 0.308 e. The summed E-state index contributed by atoms with van der Waals surface area (Å²) in [4.78, 5) is 11.1. The first kappa shape index (κ1) is 42.0. The minimum Gasteiger partial charge on any atom is -0.466 e. The van der Waals surface area contributed by atoms with E-state index in [0.29, 0.717) is 165 Å². The Morgan fingerprint density at radius 2 is 0.512 bits per heavy atom. The van der Waals surface area contributed by atoms with Gasteiger partial charge in [0.2, 0.25) is 0 Å². The van der Waals surface area contributed by atoms with E-state index < -0.39 is 0 Å².